The van der Waals surface area contributed by atoms with E-state index in [2.05, 4.69) is 58.3 Å². The molecular weight excluding hydrogens is 313 g/mol. The van der Waals surface area contributed by atoms with Gasteiger partial charge in [0.15, 0.2) is 0 Å². The van der Waals surface area contributed by atoms with Crippen molar-refractivity contribution in [2.24, 2.45) is 7.92 Å². The molecule has 3 nitrogen and oxygen atoms in total. The number of hydrogen-bond acceptors (Lipinski definition) is 3. The van der Waals surface area contributed by atoms with E-state index >= 15 is 0 Å². The molecule has 2 aromatic rings. The van der Waals surface area contributed by atoms with Gasteiger partial charge in [-0.3, -0.25) is 0 Å². The molecule has 3 rings (SSSR count). The Kier molecular flexibility index (Phi) is 3.60. The maximum absolute atomic E-state index is 4.51. The second kappa shape index (κ2) is 5.39. The van der Waals surface area contributed by atoms with Crippen LogP contribution in [-0.4, -0.2) is 14.6 Å². The van der Waals surface area contributed by atoms with Crippen molar-refractivity contribution in [2.75, 3.05) is 5.32 Å². The van der Waals surface area contributed by atoms with Crippen molar-refractivity contribution < 1.29 is 0 Å². The molecule has 1 N–H and O–H groups in total. The van der Waals surface area contributed by atoms with Crippen molar-refractivity contribution in [3.8, 4) is 0 Å². The van der Waals surface area contributed by atoms with Crippen LogP contribution in [0.25, 0.3) is 0 Å². The quantitative estimate of drug-likeness (QED) is 0.687. The second-order valence-corrected chi connectivity index (χ2v) is 6.33. The third-order valence-electron chi connectivity index (χ3n) is 3.40. The van der Waals surface area contributed by atoms with Crippen LogP contribution in [0.1, 0.15) is 29.7 Å². The van der Waals surface area contributed by atoms with Crippen LogP contribution in [0.2, 0.25) is 0 Å². The van der Waals surface area contributed by atoms with Gasteiger partial charge in [0.05, 0.1) is 0 Å². The first-order valence-corrected chi connectivity index (χ1v) is 8.23. The van der Waals surface area contributed by atoms with Gasteiger partial charge in [0.25, 0.3) is 0 Å². The molecule has 0 spiro atoms. The molecule has 0 bridgehead atoms. The molecule has 1 aliphatic rings. The average Bonchev–Trinajstić information content (AvgIpc) is 2.87. The van der Waals surface area contributed by atoms with E-state index in [0.717, 1.165) is 17.1 Å². The fourth-order valence-corrected chi connectivity index (χ4v) is 3.65. The van der Waals surface area contributed by atoms with Crippen LogP contribution in [0.4, 0.5) is 17.1 Å². The van der Waals surface area contributed by atoms with E-state index in [1.165, 1.54) is 16.7 Å². The monoisotopic (exact) mass is 331 g/mol. The number of benzene rings is 2. The predicted molar refractivity (Wildman–Crippen MR) is 84.3 cm³/mol. The minimum absolute atomic E-state index is 0.0171. The first-order chi connectivity index (χ1) is 9.63. The van der Waals surface area contributed by atoms with Gasteiger partial charge in [-0.1, -0.05) is 0 Å². The van der Waals surface area contributed by atoms with Gasteiger partial charge in [0, 0.05) is 0 Å². The van der Waals surface area contributed by atoms with Crippen molar-refractivity contribution in [1.29, 1.82) is 0 Å². The maximum atomic E-state index is 4.51. The molecule has 1 heterocycles. The van der Waals surface area contributed by atoms with Gasteiger partial charge in [-0.15, -0.1) is 0 Å². The van der Waals surface area contributed by atoms with E-state index in [9.17, 15) is 0 Å². The second-order valence-electron chi connectivity index (χ2n) is 5.22. The first kappa shape index (κ1) is 13.3. The molecule has 102 valence electrons. The van der Waals surface area contributed by atoms with Gasteiger partial charge < -0.3 is 0 Å². The van der Waals surface area contributed by atoms with Gasteiger partial charge in [-0.05, 0) is 0 Å². The zero-order valence-corrected chi connectivity index (χ0v) is 13.6. The van der Waals surface area contributed by atoms with E-state index in [1.807, 2.05) is 12.1 Å². The number of hydrogen-bond donors (Lipinski definition) is 1. The molecule has 1 aliphatic heterocycles. The van der Waals surface area contributed by atoms with E-state index in [1.54, 1.807) is 0 Å². The fourth-order valence-electron chi connectivity index (χ4n) is 2.50. The van der Waals surface area contributed by atoms with Crippen molar-refractivity contribution in [3.63, 3.8) is 0 Å². The van der Waals surface area contributed by atoms with Gasteiger partial charge in [0.2, 0.25) is 0 Å². The summed E-state index contributed by atoms with van der Waals surface area (Å²) in [5, 5.41) is 3.57. The van der Waals surface area contributed by atoms with Crippen molar-refractivity contribution in [3.05, 3.63) is 53.1 Å². The van der Waals surface area contributed by atoms with Crippen LogP contribution in [0.5, 0.6) is 0 Å². The third-order valence-corrected chi connectivity index (χ3v) is 4.54. The molecule has 4 heteroatoms. The zero-order chi connectivity index (χ0) is 14.1. The molecule has 20 heavy (non-hydrogen) atoms. The van der Waals surface area contributed by atoms with Gasteiger partial charge in [0.1, 0.15) is 0 Å². The predicted octanol–water partition coefficient (Wildman–Crippen LogP) is 4.82. The van der Waals surface area contributed by atoms with Gasteiger partial charge in [-0.2, -0.15) is 0 Å². The Bertz CT molecular complexity index is 710. The Labute approximate surface area is 125 Å². The summed E-state index contributed by atoms with van der Waals surface area (Å²) < 4.78 is 8.94. The molecule has 0 saturated carbocycles. The SMILES string of the molecule is Cc1cc(C)cc(C(C)Nc2cccc3c2N=[Se]=N3)c1. The number of anilines is 1. The Hall–Kier alpha value is -1.64. The van der Waals surface area contributed by atoms with Crippen LogP contribution < -0.4 is 5.32 Å². The van der Waals surface area contributed by atoms with Crippen molar-refractivity contribution >= 4 is 31.6 Å². The normalized spacial score (nSPS) is 13.8. The summed E-state index contributed by atoms with van der Waals surface area (Å²) in [4.78, 5) is 0. The topological polar surface area (TPSA) is 36.8 Å². The number of rotatable bonds is 3. The summed E-state index contributed by atoms with van der Waals surface area (Å²) in [7, 11) is 0. The summed E-state index contributed by atoms with van der Waals surface area (Å²) in [6.45, 7) is 6.46. The van der Waals surface area contributed by atoms with E-state index in [4.69, 9.17) is 0 Å². The van der Waals surface area contributed by atoms with Crippen LogP contribution in [0.3, 0.4) is 0 Å². The Morgan fingerprint density at radius 3 is 2.55 bits per heavy atom. The first-order valence-electron chi connectivity index (χ1n) is 6.69. The number of aryl methyl sites for hydroxylation is 2. The zero-order valence-electron chi connectivity index (χ0n) is 11.8. The molecule has 0 amide bonds. The van der Waals surface area contributed by atoms with Gasteiger partial charge in [-0.25, -0.2) is 0 Å². The standard InChI is InChI=1S/C16H17N3Se/c1-10-7-11(2)9-13(8-10)12(3)17-14-5-4-6-15-16(14)19-20-18-15/h4-9,12,17H,1-3H3. The molecule has 1 atom stereocenters. The Morgan fingerprint density at radius 1 is 1.05 bits per heavy atom. The molecule has 0 saturated heterocycles. The summed E-state index contributed by atoms with van der Waals surface area (Å²) in [6, 6.07) is 13.1. The van der Waals surface area contributed by atoms with E-state index < -0.39 is 0 Å². The van der Waals surface area contributed by atoms with Crippen LogP contribution in [0, 0.1) is 13.8 Å². The summed E-state index contributed by atoms with van der Waals surface area (Å²) in [6.07, 6.45) is 0. The van der Waals surface area contributed by atoms with Crippen LogP contribution in [0.15, 0.2) is 44.3 Å². The molecule has 1 unspecified atom stereocenters. The molecule has 0 aliphatic carbocycles. The Morgan fingerprint density at radius 2 is 1.80 bits per heavy atom. The Balaban J connectivity index is 1.88. The molecule has 0 fully saturated rings. The molecule has 2 aromatic carbocycles. The van der Waals surface area contributed by atoms with E-state index in [0.29, 0.717) is 0 Å². The van der Waals surface area contributed by atoms with Crippen LogP contribution in [-0.2, 0) is 0 Å². The number of fused-ring (bicyclic) bond motifs is 1. The minimum atomic E-state index is 0.0171. The molecular formula is C16H17N3Se. The summed E-state index contributed by atoms with van der Waals surface area (Å²) in [5.74, 6) is 0. The summed E-state index contributed by atoms with van der Waals surface area (Å²) in [5.41, 5.74) is 7.02. The van der Waals surface area contributed by atoms with Crippen molar-refractivity contribution in [2.45, 2.75) is 26.8 Å². The van der Waals surface area contributed by atoms with Crippen molar-refractivity contribution in [1.82, 2.24) is 0 Å². The van der Waals surface area contributed by atoms with Crippen LogP contribution >= 0.6 is 0 Å². The number of nitrogens with zero attached hydrogens (tertiary/aromatic N) is 2. The molecule has 0 radical (unpaired) electrons. The fraction of sp³-hybridized carbons (Fsp3) is 0.250. The average molecular weight is 330 g/mol. The number of nitrogens with one attached hydrogen (secondary N) is 1. The summed E-state index contributed by atoms with van der Waals surface area (Å²) >= 11 is 0.0171. The van der Waals surface area contributed by atoms with Gasteiger partial charge >= 0.3 is 125 Å². The molecule has 0 aromatic heterocycles. The third kappa shape index (κ3) is 2.62. The van der Waals surface area contributed by atoms with E-state index in [-0.39, 0.29) is 20.6 Å².